The molecule has 0 aromatic carbocycles. The Morgan fingerprint density at radius 3 is 1.17 bits per heavy atom. The van der Waals surface area contributed by atoms with Crippen molar-refractivity contribution in [1.82, 2.24) is 9.97 Å². The third kappa shape index (κ3) is 12.6. The van der Waals surface area contributed by atoms with Crippen LogP contribution in [0.1, 0.15) is 11.4 Å². The lowest BCUT2D eigenvalue weighted by molar-refractivity contribution is -0.365. The van der Waals surface area contributed by atoms with Crippen LogP contribution >= 0.6 is 0 Å². The smallest absolute Gasteiger partial charge is 0.418 e. The number of aromatic amines is 2. The Morgan fingerprint density at radius 1 is 0.500 bits per heavy atom. The van der Waals surface area contributed by atoms with Crippen molar-refractivity contribution in [3.05, 3.63) is 96.6 Å². The van der Waals surface area contributed by atoms with E-state index in [1.807, 2.05) is 60.9 Å². The monoisotopic (exact) mass is 514 g/mol. The summed E-state index contributed by atoms with van der Waals surface area (Å²) in [6.07, 6.45) is 5.55. The van der Waals surface area contributed by atoms with Gasteiger partial charge in [-0.05, 0) is 49.2 Å². The van der Waals surface area contributed by atoms with Crippen molar-refractivity contribution < 1.29 is 44.5 Å². The first kappa shape index (κ1) is 28.4. The molecule has 0 fully saturated rings. The Bertz CT molecular complexity index is 1090. The Morgan fingerprint density at radius 2 is 0.861 bits per heavy atom. The minimum Gasteiger partial charge on any atom is -0.418 e. The zero-order valence-electron chi connectivity index (χ0n) is 18.6. The SMILES string of the molecule is F[B-](F)(F)F.F[B-](F)(F)F.c1ccc(-c2cccc(CCc3cccc(-c4cccc[nH+]4)n3)n2)[nH+]c1. The van der Waals surface area contributed by atoms with Crippen LogP contribution in [0.2, 0.25) is 0 Å². The number of aromatic nitrogens is 4. The summed E-state index contributed by atoms with van der Waals surface area (Å²) in [7, 11) is -12.0. The summed E-state index contributed by atoms with van der Waals surface area (Å²) in [4.78, 5) is 16.0. The highest BCUT2D eigenvalue weighted by atomic mass is 19.5. The molecule has 0 saturated carbocycles. The van der Waals surface area contributed by atoms with Crippen LogP contribution in [0.25, 0.3) is 22.8 Å². The zero-order valence-corrected chi connectivity index (χ0v) is 18.6. The molecule has 36 heavy (non-hydrogen) atoms. The van der Waals surface area contributed by atoms with Crippen molar-refractivity contribution in [3.63, 3.8) is 0 Å². The highest BCUT2D eigenvalue weighted by Crippen LogP contribution is 2.15. The molecular formula is C22H20B2F8N4. The van der Waals surface area contributed by atoms with Crippen LogP contribution in [-0.2, 0) is 12.8 Å². The van der Waals surface area contributed by atoms with E-state index in [0.717, 1.165) is 47.0 Å². The first-order valence-corrected chi connectivity index (χ1v) is 10.5. The number of aryl methyl sites for hydroxylation is 2. The second-order valence-corrected chi connectivity index (χ2v) is 7.07. The fraction of sp³-hybridized carbons (Fsp3) is 0.0909. The Labute approximate surface area is 201 Å². The molecule has 4 aromatic heterocycles. The van der Waals surface area contributed by atoms with Gasteiger partial charge in [-0.1, -0.05) is 12.1 Å². The van der Waals surface area contributed by atoms with Crippen LogP contribution in [0.4, 0.5) is 34.5 Å². The van der Waals surface area contributed by atoms with Gasteiger partial charge in [0.15, 0.2) is 12.4 Å². The predicted octanol–water partition coefficient (Wildman–Crippen LogP) is 5.82. The maximum Gasteiger partial charge on any atom is 0.673 e. The molecule has 0 atom stereocenters. The van der Waals surface area contributed by atoms with E-state index in [2.05, 4.69) is 34.2 Å². The normalized spacial score (nSPS) is 11.0. The van der Waals surface area contributed by atoms with Gasteiger partial charge in [-0.2, -0.15) is 0 Å². The van der Waals surface area contributed by atoms with Gasteiger partial charge in [0.05, 0.1) is 0 Å². The number of nitrogens with one attached hydrogen (secondary N) is 2. The van der Waals surface area contributed by atoms with Gasteiger partial charge in [-0.25, -0.2) is 19.9 Å². The predicted molar refractivity (Wildman–Crippen MR) is 120 cm³/mol. The first-order valence-electron chi connectivity index (χ1n) is 10.5. The summed E-state index contributed by atoms with van der Waals surface area (Å²) < 4.78 is 78.0. The summed E-state index contributed by atoms with van der Waals surface area (Å²) in [6.45, 7) is 0. The quantitative estimate of drug-likeness (QED) is 0.249. The fourth-order valence-corrected chi connectivity index (χ4v) is 2.90. The summed E-state index contributed by atoms with van der Waals surface area (Å²) >= 11 is 0. The van der Waals surface area contributed by atoms with Crippen LogP contribution in [0.3, 0.4) is 0 Å². The van der Waals surface area contributed by atoms with Gasteiger partial charge in [0.1, 0.15) is 11.4 Å². The van der Waals surface area contributed by atoms with Crippen LogP contribution < -0.4 is 9.97 Å². The first-order chi connectivity index (χ1) is 16.9. The summed E-state index contributed by atoms with van der Waals surface area (Å²) in [5.74, 6) is 0. The molecule has 0 spiro atoms. The van der Waals surface area contributed by atoms with Crippen molar-refractivity contribution in [3.8, 4) is 22.8 Å². The minimum absolute atomic E-state index is 0.857. The minimum atomic E-state index is -6.00. The second kappa shape index (κ2) is 13.3. The average Bonchev–Trinajstić information content (AvgIpc) is 2.82. The van der Waals surface area contributed by atoms with Gasteiger partial charge < -0.3 is 34.5 Å². The molecule has 0 aliphatic rings. The lowest BCUT2D eigenvalue weighted by Gasteiger charge is -2.04. The van der Waals surface area contributed by atoms with Crippen LogP contribution in [0, 0.1) is 0 Å². The van der Waals surface area contributed by atoms with Gasteiger partial charge in [0.2, 0.25) is 11.4 Å². The van der Waals surface area contributed by atoms with E-state index < -0.39 is 14.5 Å². The molecule has 190 valence electrons. The van der Waals surface area contributed by atoms with Crippen molar-refractivity contribution >= 4 is 14.5 Å². The number of pyridine rings is 4. The number of nitrogens with zero attached hydrogens (tertiary/aromatic N) is 2. The Balaban J connectivity index is 0.000000389. The maximum absolute atomic E-state index is 9.75. The number of hydrogen-bond acceptors (Lipinski definition) is 2. The summed E-state index contributed by atoms with van der Waals surface area (Å²) in [5.41, 5.74) is 6.10. The molecule has 0 aliphatic heterocycles. The molecule has 0 bridgehead atoms. The lowest BCUT2D eigenvalue weighted by atomic mass is 10.1. The third-order valence-corrected chi connectivity index (χ3v) is 4.22. The summed E-state index contributed by atoms with van der Waals surface area (Å²) in [5, 5.41) is 0. The molecule has 4 rings (SSSR count). The molecule has 4 aromatic rings. The van der Waals surface area contributed by atoms with E-state index in [1.54, 1.807) is 0 Å². The van der Waals surface area contributed by atoms with Crippen LogP contribution in [0.5, 0.6) is 0 Å². The molecule has 0 radical (unpaired) electrons. The third-order valence-electron chi connectivity index (χ3n) is 4.22. The lowest BCUT2D eigenvalue weighted by Crippen LogP contribution is -2.07. The number of H-pyrrole nitrogens is 2. The standard InChI is InChI=1S/C22H18N4.2BF4/c1-3-15-23-19(9-1)21-11-5-7-17(25-21)13-14-18-8-6-12-22(26-18)20-10-2-4-16-24-20;2*2-1(3,4)5/h1-12,15-16H,13-14H2;;/q;2*-1/p+2. The molecular weight excluding hydrogens is 494 g/mol. The van der Waals surface area contributed by atoms with Gasteiger partial charge in [-0.15, -0.1) is 0 Å². The molecule has 4 heterocycles. The highest BCUT2D eigenvalue weighted by molar-refractivity contribution is 6.50. The van der Waals surface area contributed by atoms with E-state index in [-0.39, 0.29) is 0 Å². The molecule has 0 amide bonds. The number of halogens is 8. The van der Waals surface area contributed by atoms with Crippen molar-refractivity contribution in [2.24, 2.45) is 0 Å². The van der Waals surface area contributed by atoms with Gasteiger partial charge >= 0.3 is 14.5 Å². The Hall–Kier alpha value is -3.83. The van der Waals surface area contributed by atoms with E-state index >= 15 is 0 Å². The van der Waals surface area contributed by atoms with Gasteiger partial charge in [-0.3, -0.25) is 0 Å². The van der Waals surface area contributed by atoms with E-state index in [1.165, 1.54) is 0 Å². The molecule has 0 unspecified atom stereocenters. The summed E-state index contributed by atoms with van der Waals surface area (Å²) in [6, 6.07) is 24.3. The fourth-order valence-electron chi connectivity index (χ4n) is 2.90. The highest BCUT2D eigenvalue weighted by Gasteiger charge is 2.21. The zero-order chi connectivity index (χ0) is 26.6. The maximum atomic E-state index is 9.75. The Kier molecular flexibility index (Phi) is 10.5. The van der Waals surface area contributed by atoms with Crippen LogP contribution in [0.15, 0.2) is 85.2 Å². The van der Waals surface area contributed by atoms with Crippen molar-refractivity contribution in [2.75, 3.05) is 0 Å². The number of rotatable bonds is 5. The second-order valence-electron chi connectivity index (χ2n) is 7.07. The average molecular weight is 514 g/mol. The molecule has 4 nitrogen and oxygen atoms in total. The largest absolute Gasteiger partial charge is 0.673 e. The van der Waals surface area contributed by atoms with Gasteiger partial charge in [0, 0.05) is 35.7 Å². The molecule has 14 heteroatoms. The molecule has 0 saturated heterocycles. The topological polar surface area (TPSA) is 54.1 Å². The van der Waals surface area contributed by atoms with E-state index in [9.17, 15) is 34.5 Å². The van der Waals surface area contributed by atoms with Gasteiger partial charge in [0.25, 0.3) is 0 Å². The molecule has 0 aliphatic carbocycles. The van der Waals surface area contributed by atoms with E-state index in [0.29, 0.717) is 0 Å². The molecule has 2 N–H and O–H groups in total. The van der Waals surface area contributed by atoms with Crippen molar-refractivity contribution in [2.45, 2.75) is 12.8 Å². The van der Waals surface area contributed by atoms with Crippen molar-refractivity contribution in [1.29, 1.82) is 0 Å². The number of hydrogen-bond donors (Lipinski definition) is 0. The van der Waals surface area contributed by atoms with Crippen LogP contribution in [-0.4, -0.2) is 24.5 Å². The van der Waals surface area contributed by atoms with E-state index in [4.69, 9.17) is 9.97 Å².